The number of carboxylic acid groups (broad SMARTS) is 1. The van der Waals surface area contributed by atoms with Gasteiger partial charge in [-0.25, -0.2) is 9.18 Å². The highest BCUT2D eigenvalue weighted by Crippen LogP contribution is 2.44. The van der Waals surface area contributed by atoms with E-state index in [0.29, 0.717) is 49.5 Å². The highest BCUT2D eigenvalue weighted by atomic mass is 19.1. The molecule has 4 aromatic rings. The molecule has 238 valence electrons. The van der Waals surface area contributed by atoms with Crippen molar-refractivity contribution in [3.63, 3.8) is 0 Å². The summed E-state index contributed by atoms with van der Waals surface area (Å²) in [5.41, 5.74) is 1.28. The van der Waals surface area contributed by atoms with Crippen molar-refractivity contribution in [3.8, 4) is 5.75 Å². The first-order valence-electron chi connectivity index (χ1n) is 15.2. The summed E-state index contributed by atoms with van der Waals surface area (Å²) in [5.74, 6) is -2.82. The second kappa shape index (κ2) is 11.4. The van der Waals surface area contributed by atoms with Gasteiger partial charge >= 0.3 is 5.97 Å². The van der Waals surface area contributed by atoms with Crippen molar-refractivity contribution in [2.75, 3.05) is 43.1 Å². The molecule has 0 spiro atoms. The van der Waals surface area contributed by atoms with Gasteiger partial charge < -0.3 is 24.2 Å². The largest absolute Gasteiger partial charge is 0.492 e. The number of ether oxygens (including phenoxy) is 1. The number of fused-ring (bicyclic) bond motifs is 2. The molecular weight excluding hydrogens is 597 g/mol. The van der Waals surface area contributed by atoms with E-state index < -0.39 is 34.5 Å². The molecule has 0 bridgehead atoms. The third kappa shape index (κ3) is 4.98. The molecule has 1 amide bonds. The van der Waals surface area contributed by atoms with Gasteiger partial charge in [0, 0.05) is 57.2 Å². The third-order valence-corrected chi connectivity index (χ3v) is 9.04. The van der Waals surface area contributed by atoms with E-state index in [-0.39, 0.29) is 35.5 Å². The molecule has 1 saturated carbocycles. The predicted octanol–water partition coefficient (Wildman–Crippen LogP) is 2.71. The number of ketones is 1. The molecule has 46 heavy (non-hydrogen) atoms. The van der Waals surface area contributed by atoms with Crippen LogP contribution in [0.5, 0.6) is 5.75 Å². The van der Waals surface area contributed by atoms with E-state index in [2.05, 4.69) is 15.2 Å². The first kappa shape index (κ1) is 29.6. The normalized spacial score (nSPS) is 18.5. The maximum Gasteiger partial charge on any atom is 0.341 e. The van der Waals surface area contributed by atoms with Crippen LogP contribution in [-0.2, 0) is 17.9 Å². The van der Waals surface area contributed by atoms with Gasteiger partial charge in [-0.3, -0.25) is 24.0 Å². The molecule has 1 N–H and O–H groups in total. The number of hydrogen-bond acceptors (Lipinski definition) is 9. The first-order valence-corrected chi connectivity index (χ1v) is 15.2. The smallest absolute Gasteiger partial charge is 0.341 e. The highest BCUT2D eigenvalue weighted by Gasteiger charge is 2.36. The molecule has 2 aromatic carbocycles. The first-order chi connectivity index (χ1) is 22.2. The van der Waals surface area contributed by atoms with Gasteiger partial charge in [0.25, 0.3) is 11.7 Å². The Kier molecular flexibility index (Phi) is 7.31. The number of aromatic nitrogens is 4. The topological polar surface area (TPSA) is 143 Å². The van der Waals surface area contributed by atoms with E-state index in [1.807, 2.05) is 18.0 Å². The Bertz CT molecular complexity index is 1970. The van der Waals surface area contributed by atoms with Gasteiger partial charge in [-0.05, 0) is 38.0 Å². The lowest BCUT2D eigenvalue weighted by Gasteiger charge is -2.41. The summed E-state index contributed by atoms with van der Waals surface area (Å²) >= 11 is 0. The van der Waals surface area contributed by atoms with E-state index in [9.17, 15) is 24.3 Å². The maximum atomic E-state index is 15.8. The van der Waals surface area contributed by atoms with Gasteiger partial charge in [-0.1, -0.05) is 17.3 Å². The molecular formula is C32H32FN7O6. The minimum absolute atomic E-state index is 0.00965. The summed E-state index contributed by atoms with van der Waals surface area (Å²) in [6.07, 6.45) is 4.83. The summed E-state index contributed by atoms with van der Waals surface area (Å²) in [6.45, 7) is 4.73. The Morgan fingerprint density at radius 1 is 1.11 bits per heavy atom. The lowest BCUT2D eigenvalue weighted by Crippen LogP contribution is -2.51. The fraction of sp³-hybridized carbons (Fsp3) is 0.375. The van der Waals surface area contributed by atoms with Gasteiger partial charge in [0.1, 0.15) is 11.3 Å². The van der Waals surface area contributed by atoms with Gasteiger partial charge in [0.2, 0.25) is 5.43 Å². The molecule has 2 aliphatic heterocycles. The fourth-order valence-corrected chi connectivity index (χ4v) is 6.56. The van der Waals surface area contributed by atoms with Crippen molar-refractivity contribution in [2.45, 2.75) is 44.9 Å². The number of nitrogens with zero attached hydrogens (tertiary/aromatic N) is 7. The number of carbonyl (C=O) groups is 3. The van der Waals surface area contributed by atoms with Crippen LogP contribution >= 0.6 is 0 Å². The Morgan fingerprint density at radius 3 is 2.61 bits per heavy atom. The van der Waals surface area contributed by atoms with Crippen molar-refractivity contribution in [3.05, 3.63) is 75.6 Å². The monoisotopic (exact) mass is 629 g/mol. The van der Waals surface area contributed by atoms with Crippen LogP contribution in [0, 0.1) is 5.82 Å². The van der Waals surface area contributed by atoms with E-state index in [1.54, 1.807) is 33.5 Å². The molecule has 13 nitrogen and oxygen atoms in total. The van der Waals surface area contributed by atoms with Crippen LogP contribution < -0.4 is 20.0 Å². The Labute approximate surface area is 262 Å². The summed E-state index contributed by atoms with van der Waals surface area (Å²) in [4.78, 5) is 55.2. The van der Waals surface area contributed by atoms with Gasteiger partial charge in [0.05, 0.1) is 41.5 Å². The molecule has 1 unspecified atom stereocenters. The summed E-state index contributed by atoms with van der Waals surface area (Å²) in [6, 6.07) is 8.08. The number of carboxylic acids is 1. The van der Waals surface area contributed by atoms with Crippen LogP contribution in [0.25, 0.3) is 10.9 Å². The quantitative estimate of drug-likeness (QED) is 0.275. The minimum atomic E-state index is -1.35. The van der Waals surface area contributed by atoms with Crippen molar-refractivity contribution >= 4 is 39.9 Å². The Morgan fingerprint density at radius 2 is 1.89 bits per heavy atom. The van der Waals surface area contributed by atoms with E-state index >= 15 is 4.39 Å². The third-order valence-electron chi connectivity index (χ3n) is 9.04. The van der Waals surface area contributed by atoms with Crippen molar-refractivity contribution < 1.29 is 28.6 Å². The van der Waals surface area contributed by atoms with Crippen LogP contribution in [0.3, 0.4) is 0 Å². The number of hydrogen-bond donors (Lipinski definition) is 1. The number of piperazine rings is 1. The molecule has 4 heterocycles. The molecule has 1 saturated heterocycles. The maximum absolute atomic E-state index is 15.8. The molecule has 1 atom stereocenters. The standard InChI is InChI=1S/C32H32FN7O6/c1-18-14-37(27-24(33)13-22-26(30(27)46-2)40(20-7-8-20)17-23(28(22)41)32(44)45)10-9-36(18)15-19-16-38(35-34-19)11-12-39-25-6-4-3-5-21(25)29(42)31(39)43/h3-6,13,16-18,20H,7-12,14-15H2,1-2H3,(H,44,45). The van der Waals surface area contributed by atoms with E-state index in [0.717, 1.165) is 24.6 Å². The second-order valence-electron chi connectivity index (χ2n) is 12.0. The number of halogens is 1. The number of pyridine rings is 1. The lowest BCUT2D eigenvalue weighted by molar-refractivity contribution is -0.114. The van der Waals surface area contributed by atoms with Crippen LogP contribution in [0.15, 0.2) is 47.5 Å². The van der Waals surface area contributed by atoms with Crippen LogP contribution in [0.1, 0.15) is 52.2 Å². The SMILES string of the molecule is COc1c(N2CCN(Cc3cn(CCN4C(=O)C(=O)c5ccccc54)nn3)C(C)C2)c(F)cc2c(=O)c(C(=O)O)cn(C3CC3)c12. The summed E-state index contributed by atoms with van der Waals surface area (Å²) < 4.78 is 25.0. The molecule has 1 aliphatic carbocycles. The van der Waals surface area contributed by atoms with Crippen molar-refractivity contribution in [1.82, 2.24) is 24.5 Å². The van der Waals surface area contributed by atoms with Gasteiger partial charge in [0.15, 0.2) is 11.6 Å². The number of anilines is 2. The van der Waals surface area contributed by atoms with E-state index in [1.165, 1.54) is 18.2 Å². The molecule has 2 fully saturated rings. The number of carbonyl (C=O) groups excluding carboxylic acids is 2. The zero-order valence-electron chi connectivity index (χ0n) is 25.3. The molecule has 0 radical (unpaired) electrons. The molecule has 7 rings (SSSR count). The molecule has 2 aromatic heterocycles. The van der Waals surface area contributed by atoms with Gasteiger partial charge in [-0.2, -0.15) is 0 Å². The number of rotatable bonds is 9. The fourth-order valence-electron chi connectivity index (χ4n) is 6.56. The zero-order chi connectivity index (χ0) is 32.3. The van der Waals surface area contributed by atoms with Crippen molar-refractivity contribution in [1.29, 1.82) is 0 Å². The van der Waals surface area contributed by atoms with E-state index in [4.69, 9.17) is 4.74 Å². The zero-order valence-corrected chi connectivity index (χ0v) is 25.3. The average molecular weight is 630 g/mol. The number of benzene rings is 2. The molecule has 3 aliphatic rings. The predicted molar refractivity (Wildman–Crippen MR) is 165 cm³/mol. The van der Waals surface area contributed by atoms with Crippen molar-refractivity contribution in [2.24, 2.45) is 0 Å². The number of methoxy groups -OCH3 is 1. The number of aromatic carboxylic acids is 1. The molecule has 14 heteroatoms. The van der Waals surface area contributed by atoms with Crippen LogP contribution in [0.4, 0.5) is 15.8 Å². The van der Waals surface area contributed by atoms with Crippen LogP contribution in [-0.4, -0.2) is 86.6 Å². The lowest BCUT2D eigenvalue weighted by atomic mass is 10.1. The van der Waals surface area contributed by atoms with Gasteiger partial charge in [-0.15, -0.1) is 5.10 Å². The minimum Gasteiger partial charge on any atom is -0.492 e. The van der Waals surface area contributed by atoms with Crippen LogP contribution in [0.2, 0.25) is 0 Å². The number of para-hydroxylation sites is 1. The number of amides is 1. The highest BCUT2D eigenvalue weighted by molar-refractivity contribution is 6.52. The summed E-state index contributed by atoms with van der Waals surface area (Å²) in [5, 5.41) is 18.1. The Balaban J connectivity index is 1.06. The average Bonchev–Trinajstić information content (AvgIpc) is 3.74. The number of Topliss-reactive ketones (excluding diaryl/α,β-unsaturated/α-hetero) is 1. The Hall–Kier alpha value is -5.11. The second-order valence-corrected chi connectivity index (χ2v) is 12.0. The summed E-state index contributed by atoms with van der Waals surface area (Å²) in [7, 11) is 1.43.